The molecule has 0 bridgehead atoms. The van der Waals surface area contributed by atoms with Crippen molar-refractivity contribution in [2.75, 3.05) is 0 Å². The monoisotopic (exact) mass is 277 g/mol. The van der Waals surface area contributed by atoms with Crippen LogP contribution in [0.5, 0.6) is 0 Å². The second-order valence-electron chi connectivity index (χ2n) is 4.08. The van der Waals surface area contributed by atoms with Gasteiger partial charge in [0.2, 0.25) is 0 Å². The molecule has 1 aromatic carbocycles. The average Bonchev–Trinajstić information content (AvgIpc) is 2.86. The van der Waals surface area contributed by atoms with E-state index in [0.717, 1.165) is 0 Å². The van der Waals surface area contributed by atoms with Gasteiger partial charge in [-0.2, -0.15) is 9.61 Å². The van der Waals surface area contributed by atoms with E-state index in [2.05, 4.69) is 5.10 Å². The molecule has 0 atom stereocenters. The number of hydrogen-bond donors (Lipinski definition) is 0. The van der Waals surface area contributed by atoms with Gasteiger partial charge < -0.3 is 4.57 Å². The predicted octanol–water partition coefficient (Wildman–Crippen LogP) is 2.34. The molecular formula is C13H9ClFN3O. The molecule has 0 fully saturated rings. The summed E-state index contributed by atoms with van der Waals surface area (Å²) in [5.74, 6) is -0.310. The highest BCUT2D eigenvalue weighted by atomic mass is 35.5. The molecule has 0 N–H and O–H groups in total. The molecule has 96 valence electrons. The second-order valence-corrected chi connectivity index (χ2v) is 4.47. The van der Waals surface area contributed by atoms with Crippen LogP contribution < -0.4 is 5.56 Å². The fraction of sp³-hybridized carbons (Fsp3) is 0.0769. The van der Waals surface area contributed by atoms with E-state index in [1.165, 1.54) is 22.8 Å². The van der Waals surface area contributed by atoms with Crippen LogP contribution in [0.4, 0.5) is 4.39 Å². The highest BCUT2D eigenvalue weighted by molar-refractivity contribution is 6.29. The van der Waals surface area contributed by atoms with Crippen LogP contribution in [0.3, 0.4) is 0 Å². The van der Waals surface area contributed by atoms with Gasteiger partial charge in [-0.3, -0.25) is 4.79 Å². The van der Waals surface area contributed by atoms with Crippen molar-refractivity contribution in [3.8, 4) is 0 Å². The quantitative estimate of drug-likeness (QED) is 0.675. The number of fused-ring (bicyclic) bond motifs is 1. The third kappa shape index (κ3) is 2.02. The lowest BCUT2D eigenvalue weighted by Gasteiger charge is -2.11. The van der Waals surface area contributed by atoms with Gasteiger partial charge in [0.05, 0.1) is 12.7 Å². The topological polar surface area (TPSA) is 39.3 Å². The van der Waals surface area contributed by atoms with Crippen molar-refractivity contribution in [3.63, 3.8) is 0 Å². The smallest absolute Gasteiger partial charge is 0.275 e. The molecular weight excluding hydrogens is 269 g/mol. The van der Waals surface area contributed by atoms with Crippen molar-refractivity contribution in [1.29, 1.82) is 0 Å². The number of nitrogens with zero attached hydrogens (tertiary/aromatic N) is 3. The van der Waals surface area contributed by atoms with Gasteiger partial charge in [0.25, 0.3) is 5.56 Å². The van der Waals surface area contributed by atoms with E-state index in [1.54, 1.807) is 28.8 Å². The summed E-state index contributed by atoms with van der Waals surface area (Å²) >= 11 is 6.07. The fourth-order valence-corrected chi connectivity index (χ4v) is 2.21. The Balaban J connectivity index is 2.18. The van der Waals surface area contributed by atoms with Crippen molar-refractivity contribution in [2.24, 2.45) is 0 Å². The molecule has 19 heavy (non-hydrogen) atoms. The van der Waals surface area contributed by atoms with E-state index in [1.807, 2.05) is 0 Å². The van der Waals surface area contributed by atoms with Crippen LogP contribution in [0.15, 0.2) is 47.4 Å². The Morgan fingerprint density at radius 1 is 1.26 bits per heavy atom. The van der Waals surface area contributed by atoms with E-state index < -0.39 is 0 Å². The third-order valence-corrected chi connectivity index (χ3v) is 3.21. The summed E-state index contributed by atoms with van der Waals surface area (Å²) in [4.78, 5) is 11.7. The van der Waals surface area contributed by atoms with Crippen LogP contribution in [-0.4, -0.2) is 14.2 Å². The summed E-state index contributed by atoms with van der Waals surface area (Å²) in [5.41, 5.74) is 0.715. The van der Waals surface area contributed by atoms with E-state index >= 15 is 0 Å². The molecule has 0 spiro atoms. The van der Waals surface area contributed by atoms with Gasteiger partial charge in [-0.25, -0.2) is 4.39 Å². The largest absolute Gasteiger partial charge is 0.312 e. The molecule has 0 aliphatic rings. The molecule has 0 amide bonds. The molecule has 0 radical (unpaired) electrons. The first-order valence-corrected chi connectivity index (χ1v) is 6.01. The highest BCUT2D eigenvalue weighted by Gasteiger charge is 2.10. The molecule has 3 rings (SSSR count). The van der Waals surface area contributed by atoms with Crippen molar-refractivity contribution >= 4 is 17.2 Å². The van der Waals surface area contributed by atoms with E-state index in [-0.39, 0.29) is 23.1 Å². The Labute approximate surface area is 112 Å². The molecule has 0 unspecified atom stereocenters. The van der Waals surface area contributed by atoms with Crippen molar-refractivity contribution in [2.45, 2.75) is 6.54 Å². The maximum absolute atomic E-state index is 13.7. The van der Waals surface area contributed by atoms with Gasteiger partial charge in [0, 0.05) is 17.7 Å². The van der Waals surface area contributed by atoms with Gasteiger partial charge in [0.1, 0.15) is 16.6 Å². The SMILES string of the molecule is O=c1cc(Cl)n(Cc2ccccc2F)c2ccnn12. The first-order valence-electron chi connectivity index (χ1n) is 5.63. The van der Waals surface area contributed by atoms with Crippen LogP contribution in [0.2, 0.25) is 5.15 Å². The lowest BCUT2D eigenvalue weighted by Crippen LogP contribution is -2.18. The fourth-order valence-electron chi connectivity index (χ4n) is 1.97. The molecule has 2 heterocycles. The van der Waals surface area contributed by atoms with E-state index in [4.69, 9.17) is 11.6 Å². The van der Waals surface area contributed by atoms with Crippen LogP contribution in [-0.2, 0) is 6.54 Å². The Morgan fingerprint density at radius 3 is 2.84 bits per heavy atom. The zero-order valence-electron chi connectivity index (χ0n) is 9.75. The van der Waals surface area contributed by atoms with E-state index in [9.17, 15) is 9.18 Å². The summed E-state index contributed by atoms with van der Waals surface area (Å²) in [6.45, 7) is 0.237. The Kier molecular flexibility index (Phi) is 2.83. The van der Waals surface area contributed by atoms with Crippen LogP contribution in [0, 0.1) is 5.82 Å². The zero-order chi connectivity index (χ0) is 13.4. The number of aromatic nitrogens is 3. The minimum Gasteiger partial charge on any atom is -0.312 e. The Hall–Kier alpha value is -2.14. The van der Waals surface area contributed by atoms with E-state index in [0.29, 0.717) is 11.2 Å². The maximum atomic E-state index is 13.7. The van der Waals surface area contributed by atoms with Crippen LogP contribution >= 0.6 is 11.6 Å². The molecule has 0 aliphatic carbocycles. The number of hydrogen-bond acceptors (Lipinski definition) is 2. The number of benzene rings is 1. The maximum Gasteiger partial charge on any atom is 0.275 e. The molecule has 3 aromatic rings. The Bertz CT molecular complexity index is 809. The summed E-state index contributed by atoms with van der Waals surface area (Å²) < 4.78 is 16.5. The van der Waals surface area contributed by atoms with Crippen molar-refractivity contribution in [3.05, 3.63) is 69.5 Å². The normalized spacial score (nSPS) is 11.1. The lowest BCUT2D eigenvalue weighted by atomic mass is 10.2. The third-order valence-electron chi connectivity index (χ3n) is 2.89. The molecule has 2 aromatic heterocycles. The zero-order valence-corrected chi connectivity index (χ0v) is 10.5. The molecule has 6 heteroatoms. The first kappa shape index (κ1) is 11.9. The summed E-state index contributed by atoms with van der Waals surface area (Å²) in [6.07, 6.45) is 1.50. The van der Waals surface area contributed by atoms with Gasteiger partial charge in [-0.15, -0.1) is 0 Å². The predicted molar refractivity (Wildman–Crippen MR) is 70.0 cm³/mol. The summed E-state index contributed by atoms with van der Waals surface area (Å²) in [7, 11) is 0. The first-order chi connectivity index (χ1) is 9.16. The average molecular weight is 278 g/mol. The Morgan fingerprint density at radius 2 is 2.05 bits per heavy atom. The van der Waals surface area contributed by atoms with Gasteiger partial charge in [-0.05, 0) is 6.07 Å². The number of rotatable bonds is 2. The minimum absolute atomic E-state index is 0.237. The van der Waals surface area contributed by atoms with Gasteiger partial charge >= 0.3 is 0 Å². The molecule has 0 saturated carbocycles. The standard InChI is InChI=1S/C13H9ClFN3O/c14-11-7-13(19)18-12(5-6-16-18)17(11)8-9-3-1-2-4-10(9)15/h1-7H,8H2. The van der Waals surface area contributed by atoms with Crippen molar-refractivity contribution < 1.29 is 4.39 Å². The second kappa shape index (κ2) is 4.51. The lowest BCUT2D eigenvalue weighted by molar-refractivity contribution is 0.599. The summed E-state index contributed by atoms with van der Waals surface area (Å²) in [5, 5.41) is 4.17. The van der Waals surface area contributed by atoms with Crippen LogP contribution in [0.1, 0.15) is 5.56 Å². The number of halogens is 2. The van der Waals surface area contributed by atoms with Gasteiger partial charge in [-0.1, -0.05) is 29.8 Å². The van der Waals surface area contributed by atoms with Gasteiger partial charge in [0.15, 0.2) is 0 Å². The van der Waals surface area contributed by atoms with Crippen molar-refractivity contribution in [1.82, 2.24) is 14.2 Å². The minimum atomic E-state index is -0.310. The van der Waals surface area contributed by atoms with Crippen LogP contribution in [0.25, 0.3) is 5.65 Å². The summed E-state index contributed by atoms with van der Waals surface area (Å²) in [6, 6.07) is 9.37. The molecule has 4 nitrogen and oxygen atoms in total. The molecule has 0 saturated heterocycles. The highest BCUT2D eigenvalue weighted by Crippen LogP contribution is 2.15. The molecule has 0 aliphatic heterocycles.